The van der Waals surface area contributed by atoms with E-state index in [2.05, 4.69) is 10.1 Å². The molecule has 2 atom stereocenters. The van der Waals surface area contributed by atoms with Crippen molar-refractivity contribution in [2.75, 3.05) is 6.54 Å². The smallest absolute Gasteiger partial charge is 0.387 e. The Labute approximate surface area is 195 Å². The van der Waals surface area contributed by atoms with Gasteiger partial charge in [0.2, 0.25) is 5.91 Å². The Morgan fingerprint density at radius 3 is 2.41 bits per heavy atom. The van der Waals surface area contributed by atoms with Crippen molar-refractivity contribution in [2.24, 2.45) is 5.73 Å². The lowest BCUT2D eigenvalue weighted by Crippen LogP contribution is -2.59. The lowest BCUT2D eigenvalue weighted by atomic mass is 9.98. The number of alkyl halides is 2. The average molecular weight is 503 g/mol. The van der Waals surface area contributed by atoms with Crippen LogP contribution >= 0.6 is 11.6 Å². The van der Waals surface area contributed by atoms with E-state index in [4.69, 9.17) is 22.7 Å². The van der Waals surface area contributed by atoms with Crippen molar-refractivity contribution in [1.29, 1.82) is 5.41 Å². The summed E-state index contributed by atoms with van der Waals surface area (Å²) < 4.78 is 57.5. The number of hydrogen-bond donors (Lipinski definition) is 4. The fourth-order valence-electron chi connectivity index (χ4n) is 3.36. The third-order valence-corrected chi connectivity index (χ3v) is 5.38. The molecule has 34 heavy (non-hydrogen) atoms. The highest BCUT2D eigenvalue weighted by Gasteiger charge is 2.40. The van der Waals surface area contributed by atoms with Crippen LogP contribution in [0.4, 0.5) is 17.6 Å². The zero-order valence-electron chi connectivity index (χ0n) is 17.3. The number of ether oxygens (including phenoxy) is 1. The van der Waals surface area contributed by atoms with Crippen LogP contribution in [0, 0.1) is 17.0 Å². The molecule has 0 unspecified atom stereocenters. The van der Waals surface area contributed by atoms with Crippen LogP contribution in [0.25, 0.3) is 0 Å². The van der Waals surface area contributed by atoms with E-state index >= 15 is 0 Å². The Hall–Kier alpha value is -3.38. The van der Waals surface area contributed by atoms with E-state index in [0.29, 0.717) is 0 Å². The molecule has 1 aliphatic rings. The van der Waals surface area contributed by atoms with Crippen molar-refractivity contribution in [3.8, 4) is 5.75 Å². The predicted molar refractivity (Wildman–Crippen MR) is 112 cm³/mol. The molecule has 3 rings (SSSR count). The minimum Gasteiger partial charge on any atom is -0.435 e. The van der Waals surface area contributed by atoms with Crippen LogP contribution < -0.4 is 15.8 Å². The molecule has 1 aliphatic heterocycles. The standard InChI is InChI=1S/C21H19ClF4N4O4/c22-11-3-9(4-12(7-11)34-21(25)26)17(31)20(33)30-2-1-16(30)19(32)29-8-13-14(23)5-10(18(27)28)6-15(13)24/h3-7,16-17,21,31H,1-2,8H2,(H3,27,28)(H,29,32)/t16-,17+/m0/s1. The monoisotopic (exact) mass is 502 g/mol. The molecule has 1 fully saturated rings. The number of halogens is 5. The first-order valence-corrected chi connectivity index (χ1v) is 10.2. The maximum atomic E-state index is 14.2. The van der Waals surface area contributed by atoms with E-state index in [9.17, 15) is 32.3 Å². The van der Waals surface area contributed by atoms with Crippen LogP contribution in [-0.2, 0) is 16.1 Å². The Kier molecular flexibility index (Phi) is 7.62. The summed E-state index contributed by atoms with van der Waals surface area (Å²) in [5.41, 5.74) is 4.48. The molecule has 1 heterocycles. The summed E-state index contributed by atoms with van der Waals surface area (Å²) in [6, 6.07) is 3.99. The van der Waals surface area contributed by atoms with Gasteiger partial charge in [-0.05, 0) is 42.3 Å². The number of amidine groups is 1. The lowest BCUT2D eigenvalue weighted by Gasteiger charge is -2.40. The highest BCUT2D eigenvalue weighted by atomic mass is 35.5. The minimum atomic E-state index is -3.14. The van der Waals surface area contributed by atoms with Crippen molar-refractivity contribution >= 4 is 29.3 Å². The molecule has 0 aromatic heterocycles. The Morgan fingerprint density at radius 2 is 1.88 bits per heavy atom. The van der Waals surface area contributed by atoms with Crippen molar-refractivity contribution < 1.29 is 37.0 Å². The number of benzene rings is 2. The number of rotatable bonds is 8. The molecule has 0 radical (unpaired) electrons. The zero-order chi connectivity index (χ0) is 25.2. The molecule has 0 aliphatic carbocycles. The van der Waals surface area contributed by atoms with E-state index < -0.39 is 60.1 Å². The van der Waals surface area contributed by atoms with Gasteiger partial charge < -0.3 is 25.8 Å². The van der Waals surface area contributed by atoms with Gasteiger partial charge in [0.15, 0.2) is 6.10 Å². The Morgan fingerprint density at radius 1 is 1.24 bits per heavy atom. The van der Waals surface area contributed by atoms with Crippen molar-refractivity contribution in [3.63, 3.8) is 0 Å². The normalized spacial score (nSPS) is 16.1. The van der Waals surface area contributed by atoms with E-state index in [-0.39, 0.29) is 34.9 Å². The molecule has 2 aromatic carbocycles. The molecule has 1 saturated heterocycles. The second kappa shape index (κ2) is 10.3. The maximum Gasteiger partial charge on any atom is 0.387 e. The summed E-state index contributed by atoms with van der Waals surface area (Å²) in [4.78, 5) is 26.2. The molecule has 13 heteroatoms. The van der Waals surface area contributed by atoms with Gasteiger partial charge in [-0.3, -0.25) is 15.0 Å². The third-order valence-electron chi connectivity index (χ3n) is 5.17. The van der Waals surface area contributed by atoms with Gasteiger partial charge in [-0.25, -0.2) is 8.78 Å². The zero-order valence-corrected chi connectivity index (χ0v) is 18.1. The first kappa shape index (κ1) is 25.2. The topological polar surface area (TPSA) is 129 Å². The molecule has 5 N–H and O–H groups in total. The number of nitrogens with zero attached hydrogens (tertiary/aromatic N) is 1. The maximum absolute atomic E-state index is 14.2. The van der Waals surface area contributed by atoms with Gasteiger partial charge in [0.1, 0.15) is 29.3 Å². The van der Waals surface area contributed by atoms with Gasteiger partial charge in [-0.1, -0.05) is 11.6 Å². The van der Waals surface area contributed by atoms with Crippen LogP contribution in [-0.4, -0.2) is 46.9 Å². The van der Waals surface area contributed by atoms with Crippen molar-refractivity contribution in [2.45, 2.75) is 31.7 Å². The number of carbonyl (C=O) groups excluding carboxylic acids is 2. The fraction of sp³-hybridized carbons (Fsp3) is 0.286. The molecule has 2 aromatic rings. The fourth-order valence-corrected chi connectivity index (χ4v) is 3.59. The van der Waals surface area contributed by atoms with Crippen molar-refractivity contribution in [1.82, 2.24) is 10.2 Å². The first-order valence-electron chi connectivity index (χ1n) is 9.81. The van der Waals surface area contributed by atoms with E-state index in [1.54, 1.807) is 0 Å². The molecule has 0 bridgehead atoms. The Balaban J connectivity index is 1.66. The van der Waals surface area contributed by atoms with E-state index in [1.165, 1.54) is 6.07 Å². The van der Waals surface area contributed by atoms with Crippen molar-refractivity contribution in [3.05, 3.63) is 63.7 Å². The molecule has 8 nitrogen and oxygen atoms in total. The first-order chi connectivity index (χ1) is 16.0. The van der Waals surface area contributed by atoms with Crippen LogP contribution in [0.2, 0.25) is 5.02 Å². The Bertz CT molecular complexity index is 1110. The number of hydrogen-bond acceptors (Lipinski definition) is 5. The lowest BCUT2D eigenvalue weighted by molar-refractivity contribution is -0.154. The van der Waals surface area contributed by atoms with E-state index in [1.807, 2.05) is 0 Å². The molecule has 0 spiro atoms. The third kappa shape index (κ3) is 5.57. The van der Waals surface area contributed by atoms with Crippen LogP contribution in [0.15, 0.2) is 30.3 Å². The van der Waals surface area contributed by atoms with Gasteiger partial charge in [0.05, 0.1) is 0 Å². The SMILES string of the molecule is N=C(N)c1cc(F)c(CNC(=O)[C@@H]2CCN2C(=O)[C@H](O)c2cc(Cl)cc(OC(F)F)c2)c(F)c1. The number of aliphatic hydroxyl groups excluding tert-OH is 1. The summed E-state index contributed by atoms with van der Waals surface area (Å²) in [6.45, 7) is -3.56. The van der Waals surface area contributed by atoms with Gasteiger partial charge in [0, 0.05) is 29.2 Å². The van der Waals surface area contributed by atoms with Crippen LogP contribution in [0.3, 0.4) is 0 Å². The largest absolute Gasteiger partial charge is 0.435 e. The summed E-state index contributed by atoms with van der Waals surface area (Å²) >= 11 is 5.84. The van der Waals surface area contributed by atoms with Gasteiger partial charge in [0.25, 0.3) is 5.91 Å². The summed E-state index contributed by atoms with van der Waals surface area (Å²) in [7, 11) is 0. The summed E-state index contributed by atoms with van der Waals surface area (Å²) in [5, 5.41) is 19.9. The van der Waals surface area contributed by atoms with Gasteiger partial charge in [-0.2, -0.15) is 8.78 Å². The molecular formula is C21H19ClF4N4O4. The van der Waals surface area contributed by atoms with Crippen LogP contribution in [0.5, 0.6) is 5.75 Å². The average Bonchev–Trinajstić information content (AvgIpc) is 2.70. The number of aliphatic hydroxyl groups is 1. The number of nitrogens with one attached hydrogen (secondary N) is 2. The second-order valence-electron chi connectivity index (χ2n) is 7.39. The summed E-state index contributed by atoms with van der Waals surface area (Å²) in [6.07, 6.45) is -1.59. The number of nitrogens with two attached hydrogens (primary N) is 1. The number of likely N-dealkylation sites (tertiary alicyclic amines) is 1. The van der Waals surface area contributed by atoms with Gasteiger partial charge >= 0.3 is 6.61 Å². The quantitative estimate of drug-likeness (QED) is 0.250. The molecular weight excluding hydrogens is 484 g/mol. The second-order valence-corrected chi connectivity index (χ2v) is 7.82. The molecule has 0 saturated carbocycles. The predicted octanol–water partition coefficient (Wildman–Crippen LogP) is 2.45. The summed E-state index contributed by atoms with van der Waals surface area (Å²) in [5.74, 6) is -4.50. The molecule has 2 amide bonds. The number of amides is 2. The molecule has 182 valence electrons. The minimum absolute atomic E-state index is 0.0576. The van der Waals surface area contributed by atoms with Gasteiger partial charge in [-0.15, -0.1) is 0 Å². The highest BCUT2D eigenvalue weighted by molar-refractivity contribution is 6.30. The van der Waals surface area contributed by atoms with E-state index in [0.717, 1.165) is 29.2 Å². The van der Waals surface area contributed by atoms with Crippen LogP contribution in [0.1, 0.15) is 29.2 Å². The number of carbonyl (C=O) groups is 2. The highest BCUT2D eigenvalue weighted by Crippen LogP contribution is 2.29. The number of nitrogen functional groups attached to an aromatic ring is 1.